The van der Waals surface area contributed by atoms with Crippen LogP contribution >= 0.6 is 0 Å². The van der Waals surface area contributed by atoms with Gasteiger partial charge in [-0.2, -0.15) is 0 Å². The first kappa shape index (κ1) is 15.2. The fraction of sp³-hybridized carbons (Fsp3) is 0.467. The predicted molar refractivity (Wildman–Crippen MR) is 75.4 cm³/mol. The average molecular weight is 263 g/mol. The Morgan fingerprint density at radius 1 is 1.32 bits per heavy atom. The van der Waals surface area contributed by atoms with E-state index < -0.39 is 11.7 Å². The van der Waals surface area contributed by atoms with Crippen molar-refractivity contribution in [1.82, 2.24) is 0 Å². The number of carbonyl (C=O) groups excluding carboxylic acids is 2. The number of carbonyl (C=O) groups is 2. The zero-order chi connectivity index (χ0) is 14.5. The second-order valence-electron chi connectivity index (χ2n) is 5.55. The lowest BCUT2D eigenvalue weighted by Crippen LogP contribution is -2.27. The summed E-state index contributed by atoms with van der Waals surface area (Å²) >= 11 is 0. The molecule has 4 nitrogen and oxygen atoms in total. The van der Waals surface area contributed by atoms with Crippen LogP contribution in [0.15, 0.2) is 24.3 Å². The number of rotatable bonds is 4. The fourth-order valence-corrected chi connectivity index (χ4v) is 1.60. The molecule has 0 aliphatic carbocycles. The van der Waals surface area contributed by atoms with Crippen LogP contribution in [0.3, 0.4) is 0 Å². The maximum absolute atomic E-state index is 11.6. The second kappa shape index (κ2) is 6.36. The Hall–Kier alpha value is -1.84. The van der Waals surface area contributed by atoms with Crippen LogP contribution in [0.1, 0.15) is 45.6 Å². The Labute approximate surface area is 114 Å². The standard InChI is InChI=1S/C15H21NO3/c1-11(9-10-17)12-5-7-13(8-6-12)16-14(18)19-15(2,3)4/h5-8,10-11H,9H2,1-4H3,(H,16,18). The Balaban J connectivity index is 2.62. The molecular formula is C15H21NO3. The number of aldehydes is 1. The number of ether oxygens (including phenoxy) is 1. The number of amides is 1. The monoisotopic (exact) mass is 263 g/mol. The van der Waals surface area contributed by atoms with E-state index in [1.165, 1.54) is 0 Å². The van der Waals surface area contributed by atoms with Crippen LogP contribution in [-0.2, 0) is 9.53 Å². The van der Waals surface area contributed by atoms with Crippen molar-refractivity contribution in [2.24, 2.45) is 0 Å². The van der Waals surface area contributed by atoms with Gasteiger partial charge in [-0.25, -0.2) is 4.79 Å². The van der Waals surface area contributed by atoms with Gasteiger partial charge in [0.05, 0.1) is 0 Å². The van der Waals surface area contributed by atoms with Crippen molar-refractivity contribution in [3.8, 4) is 0 Å². The lowest BCUT2D eigenvalue weighted by Gasteiger charge is -2.19. The van der Waals surface area contributed by atoms with Gasteiger partial charge in [0.1, 0.15) is 11.9 Å². The normalized spacial score (nSPS) is 12.6. The summed E-state index contributed by atoms with van der Waals surface area (Å²) in [5.41, 5.74) is 1.24. The molecule has 1 rings (SSSR count). The van der Waals surface area contributed by atoms with Crippen molar-refractivity contribution in [2.45, 2.75) is 45.6 Å². The molecule has 1 aromatic rings. The van der Waals surface area contributed by atoms with E-state index in [-0.39, 0.29) is 5.92 Å². The number of hydrogen-bond donors (Lipinski definition) is 1. The van der Waals surface area contributed by atoms with Crippen molar-refractivity contribution in [3.05, 3.63) is 29.8 Å². The van der Waals surface area contributed by atoms with Gasteiger partial charge in [0.25, 0.3) is 0 Å². The molecule has 0 aromatic heterocycles. The maximum atomic E-state index is 11.6. The minimum absolute atomic E-state index is 0.188. The van der Waals surface area contributed by atoms with Crippen molar-refractivity contribution in [1.29, 1.82) is 0 Å². The van der Waals surface area contributed by atoms with Crippen molar-refractivity contribution < 1.29 is 14.3 Å². The van der Waals surface area contributed by atoms with Gasteiger partial charge < -0.3 is 9.53 Å². The zero-order valence-corrected chi connectivity index (χ0v) is 11.9. The third-order valence-electron chi connectivity index (χ3n) is 2.57. The fourth-order valence-electron chi connectivity index (χ4n) is 1.60. The van der Waals surface area contributed by atoms with Gasteiger partial charge >= 0.3 is 6.09 Å². The molecule has 104 valence electrons. The summed E-state index contributed by atoms with van der Waals surface area (Å²) in [5, 5.41) is 2.67. The van der Waals surface area contributed by atoms with E-state index in [1.807, 2.05) is 39.8 Å². The van der Waals surface area contributed by atoms with E-state index >= 15 is 0 Å². The third-order valence-corrected chi connectivity index (χ3v) is 2.57. The number of benzene rings is 1. The lowest BCUT2D eigenvalue weighted by atomic mass is 9.98. The van der Waals surface area contributed by atoms with Crippen molar-refractivity contribution in [3.63, 3.8) is 0 Å². The molecule has 4 heteroatoms. The molecule has 0 bridgehead atoms. The quantitative estimate of drug-likeness (QED) is 0.842. The molecule has 1 amide bonds. The smallest absolute Gasteiger partial charge is 0.412 e. The molecule has 0 saturated heterocycles. The van der Waals surface area contributed by atoms with E-state index in [1.54, 1.807) is 12.1 Å². The summed E-state index contributed by atoms with van der Waals surface area (Å²) in [4.78, 5) is 22.0. The second-order valence-corrected chi connectivity index (χ2v) is 5.55. The zero-order valence-electron chi connectivity index (χ0n) is 11.9. The van der Waals surface area contributed by atoms with Crippen LogP contribution in [0.2, 0.25) is 0 Å². The number of hydrogen-bond acceptors (Lipinski definition) is 3. The molecule has 0 spiro atoms. The van der Waals surface area contributed by atoms with Crippen molar-refractivity contribution in [2.75, 3.05) is 5.32 Å². The number of nitrogens with one attached hydrogen (secondary N) is 1. The minimum atomic E-state index is -0.511. The van der Waals surface area contributed by atoms with Gasteiger partial charge in [-0.1, -0.05) is 19.1 Å². The van der Waals surface area contributed by atoms with Gasteiger partial charge in [0, 0.05) is 12.1 Å². The molecule has 1 aromatic carbocycles. The molecule has 0 fully saturated rings. The highest BCUT2D eigenvalue weighted by Crippen LogP contribution is 2.20. The highest BCUT2D eigenvalue weighted by Gasteiger charge is 2.16. The topological polar surface area (TPSA) is 55.4 Å². The van der Waals surface area contributed by atoms with Crippen molar-refractivity contribution >= 4 is 18.1 Å². The molecule has 1 unspecified atom stereocenters. The summed E-state index contributed by atoms with van der Waals surface area (Å²) in [5.74, 6) is 0.188. The summed E-state index contributed by atoms with van der Waals surface area (Å²) in [6.45, 7) is 7.44. The Bertz CT molecular complexity index is 432. The van der Waals surface area contributed by atoms with Crippen LogP contribution < -0.4 is 5.32 Å². The predicted octanol–water partition coefficient (Wildman–Crippen LogP) is 3.73. The molecule has 0 aliphatic heterocycles. The highest BCUT2D eigenvalue weighted by molar-refractivity contribution is 5.84. The SMILES string of the molecule is CC(CC=O)c1ccc(NC(=O)OC(C)(C)C)cc1. The Morgan fingerprint density at radius 3 is 2.37 bits per heavy atom. The van der Waals surface area contributed by atoms with E-state index in [4.69, 9.17) is 4.74 Å². The average Bonchev–Trinajstić information content (AvgIpc) is 2.27. The van der Waals surface area contributed by atoms with Gasteiger partial charge in [-0.05, 0) is 44.4 Å². The van der Waals surface area contributed by atoms with Gasteiger partial charge in [-0.3, -0.25) is 5.32 Å². The molecule has 0 heterocycles. The minimum Gasteiger partial charge on any atom is -0.444 e. The van der Waals surface area contributed by atoms with Gasteiger partial charge in [0.2, 0.25) is 0 Å². The third kappa shape index (κ3) is 5.55. The summed E-state index contributed by atoms with van der Waals surface area (Å²) < 4.78 is 5.16. The Morgan fingerprint density at radius 2 is 1.89 bits per heavy atom. The highest BCUT2D eigenvalue weighted by atomic mass is 16.6. The molecular weight excluding hydrogens is 242 g/mol. The molecule has 19 heavy (non-hydrogen) atoms. The lowest BCUT2D eigenvalue weighted by molar-refractivity contribution is -0.108. The van der Waals surface area contributed by atoms with Gasteiger partial charge in [0.15, 0.2) is 0 Å². The largest absolute Gasteiger partial charge is 0.444 e. The summed E-state index contributed by atoms with van der Waals surface area (Å²) in [7, 11) is 0. The van der Waals surface area contributed by atoms with Crippen LogP contribution in [0.5, 0.6) is 0 Å². The summed E-state index contributed by atoms with van der Waals surface area (Å²) in [6.07, 6.45) is 0.942. The molecule has 0 saturated carbocycles. The molecule has 0 aliphatic rings. The van der Waals surface area contributed by atoms with E-state index in [2.05, 4.69) is 5.32 Å². The van der Waals surface area contributed by atoms with E-state index in [0.717, 1.165) is 11.8 Å². The first-order valence-corrected chi connectivity index (χ1v) is 6.35. The molecule has 1 atom stereocenters. The maximum Gasteiger partial charge on any atom is 0.412 e. The first-order chi connectivity index (χ1) is 8.81. The van der Waals surface area contributed by atoms with Crippen LogP contribution in [-0.4, -0.2) is 18.0 Å². The Kier molecular flexibility index (Phi) is 5.10. The van der Waals surface area contributed by atoms with E-state index in [0.29, 0.717) is 12.1 Å². The van der Waals surface area contributed by atoms with Gasteiger partial charge in [-0.15, -0.1) is 0 Å². The summed E-state index contributed by atoms with van der Waals surface area (Å²) in [6, 6.07) is 7.42. The van der Waals surface area contributed by atoms with E-state index in [9.17, 15) is 9.59 Å². The molecule has 0 radical (unpaired) electrons. The number of anilines is 1. The van der Waals surface area contributed by atoms with Crippen LogP contribution in [0.25, 0.3) is 0 Å². The molecule has 1 N–H and O–H groups in total. The van der Waals surface area contributed by atoms with Crippen LogP contribution in [0.4, 0.5) is 10.5 Å². The first-order valence-electron chi connectivity index (χ1n) is 6.35. The van der Waals surface area contributed by atoms with Crippen LogP contribution in [0, 0.1) is 0 Å².